The standard InChI is InChI=1S/C25H22O5/c1-4-15-25(22(27)18-13-9-10-14-19(18)23(25)28)21(17-11-7-6-8-12-17)20(16(3)26)24(29)30-5-2/h1,6-14,20-21H,5,15H2,2-3H3. The highest BCUT2D eigenvalue weighted by Crippen LogP contribution is 2.52. The number of hydrogen-bond donors (Lipinski definition) is 0. The van der Waals surface area contributed by atoms with Crippen molar-refractivity contribution in [3.05, 3.63) is 71.3 Å². The van der Waals surface area contributed by atoms with Gasteiger partial charge in [0.15, 0.2) is 11.6 Å². The molecule has 152 valence electrons. The number of hydrogen-bond acceptors (Lipinski definition) is 5. The molecule has 2 aromatic carbocycles. The summed E-state index contributed by atoms with van der Waals surface area (Å²) in [6.07, 6.45) is 5.39. The maximum absolute atomic E-state index is 13.7. The summed E-state index contributed by atoms with van der Waals surface area (Å²) in [6, 6.07) is 15.1. The number of ether oxygens (including phenoxy) is 1. The van der Waals surface area contributed by atoms with Crippen LogP contribution in [0.3, 0.4) is 0 Å². The molecular formula is C25H22O5. The Labute approximate surface area is 175 Å². The van der Waals surface area contributed by atoms with Gasteiger partial charge in [0.2, 0.25) is 0 Å². The van der Waals surface area contributed by atoms with E-state index in [0.29, 0.717) is 5.56 Å². The summed E-state index contributed by atoms with van der Waals surface area (Å²) in [5.74, 6) is -2.17. The van der Waals surface area contributed by atoms with Gasteiger partial charge in [-0.3, -0.25) is 19.2 Å². The van der Waals surface area contributed by atoms with Crippen LogP contribution in [0, 0.1) is 23.7 Å². The molecule has 2 unspecified atom stereocenters. The lowest BCUT2D eigenvalue weighted by molar-refractivity contribution is -0.152. The molecule has 0 bridgehead atoms. The fourth-order valence-electron chi connectivity index (χ4n) is 4.37. The molecule has 1 aliphatic rings. The number of carbonyl (C=O) groups is 4. The maximum atomic E-state index is 13.7. The van der Waals surface area contributed by atoms with Gasteiger partial charge < -0.3 is 4.74 Å². The summed E-state index contributed by atoms with van der Waals surface area (Å²) in [4.78, 5) is 52.9. The molecule has 0 saturated heterocycles. The van der Waals surface area contributed by atoms with E-state index in [4.69, 9.17) is 11.2 Å². The third-order valence-corrected chi connectivity index (χ3v) is 5.61. The van der Waals surface area contributed by atoms with Crippen molar-refractivity contribution in [3.63, 3.8) is 0 Å². The normalized spacial score (nSPS) is 16.3. The highest BCUT2D eigenvalue weighted by atomic mass is 16.5. The van der Waals surface area contributed by atoms with E-state index in [1.54, 1.807) is 61.5 Å². The maximum Gasteiger partial charge on any atom is 0.317 e. The predicted octanol–water partition coefficient (Wildman–Crippen LogP) is 3.63. The summed E-state index contributed by atoms with van der Waals surface area (Å²) < 4.78 is 5.16. The number of fused-ring (bicyclic) bond motifs is 1. The van der Waals surface area contributed by atoms with E-state index in [-0.39, 0.29) is 24.2 Å². The van der Waals surface area contributed by atoms with Crippen molar-refractivity contribution in [2.75, 3.05) is 6.61 Å². The molecule has 0 heterocycles. The Bertz CT molecular complexity index is 1010. The average molecular weight is 402 g/mol. The van der Waals surface area contributed by atoms with Crippen molar-refractivity contribution < 1.29 is 23.9 Å². The van der Waals surface area contributed by atoms with Crippen LogP contribution in [-0.4, -0.2) is 29.9 Å². The first-order chi connectivity index (χ1) is 14.4. The van der Waals surface area contributed by atoms with Gasteiger partial charge in [-0.05, 0) is 19.4 Å². The summed E-state index contributed by atoms with van der Waals surface area (Å²) in [5, 5.41) is 0. The van der Waals surface area contributed by atoms with Crippen molar-refractivity contribution >= 4 is 23.3 Å². The molecule has 0 saturated carbocycles. The minimum atomic E-state index is -1.76. The van der Waals surface area contributed by atoms with Crippen LogP contribution < -0.4 is 0 Å². The summed E-state index contributed by atoms with van der Waals surface area (Å²) >= 11 is 0. The predicted molar refractivity (Wildman–Crippen MR) is 111 cm³/mol. The Morgan fingerprint density at radius 3 is 2.00 bits per heavy atom. The zero-order chi connectivity index (χ0) is 21.9. The number of esters is 1. The second-order valence-corrected chi connectivity index (χ2v) is 7.28. The van der Waals surface area contributed by atoms with Gasteiger partial charge in [0.05, 0.1) is 6.61 Å². The molecule has 2 atom stereocenters. The molecular weight excluding hydrogens is 380 g/mol. The third-order valence-electron chi connectivity index (χ3n) is 5.61. The van der Waals surface area contributed by atoms with Gasteiger partial charge >= 0.3 is 5.97 Å². The van der Waals surface area contributed by atoms with Crippen LogP contribution in [0.15, 0.2) is 54.6 Å². The minimum absolute atomic E-state index is 0.0639. The van der Waals surface area contributed by atoms with E-state index in [1.807, 2.05) is 0 Å². The molecule has 1 aliphatic carbocycles. The number of ketones is 3. The SMILES string of the molecule is C#CCC1(C(c2ccccc2)C(C(C)=O)C(=O)OCC)C(=O)c2ccccc2C1=O. The van der Waals surface area contributed by atoms with Crippen molar-refractivity contribution in [1.29, 1.82) is 0 Å². The van der Waals surface area contributed by atoms with Crippen LogP contribution in [0.5, 0.6) is 0 Å². The Morgan fingerprint density at radius 1 is 1.00 bits per heavy atom. The summed E-state index contributed by atoms with van der Waals surface area (Å²) in [5.41, 5.74) is -0.742. The van der Waals surface area contributed by atoms with Crippen molar-refractivity contribution in [2.45, 2.75) is 26.2 Å². The Balaban J connectivity index is 2.32. The minimum Gasteiger partial charge on any atom is -0.465 e. The lowest BCUT2D eigenvalue weighted by atomic mass is 9.61. The fraction of sp³-hybridized carbons (Fsp3) is 0.280. The first kappa shape index (κ1) is 21.2. The molecule has 0 N–H and O–H groups in total. The number of carbonyl (C=O) groups excluding carboxylic acids is 4. The van der Waals surface area contributed by atoms with Gasteiger partial charge in [0, 0.05) is 23.5 Å². The van der Waals surface area contributed by atoms with Gasteiger partial charge in [-0.2, -0.15) is 0 Å². The molecule has 0 spiro atoms. The smallest absolute Gasteiger partial charge is 0.317 e. The molecule has 0 radical (unpaired) electrons. The van der Waals surface area contributed by atoms with Crippen LogP contribution in [0.2, 0.25) is 0 Å². The Kier molecular flexibility index (Phi) is 5.98. The number of terminal acetylenes is 1. The highest BCUT2D eigenvalue weighted by molar-refractivity contribution is 6.30. The number of benzene rings is 2. The molecule has 3 rings (SSSR count). The molecule has 5 nitrogen and oxygen atoms in total. The Hall–Kier alpha value is -3.52. The highest BCUT2D eigenvalue weighted by Gasteiger charge is 2.61. The first-order valence-electron chi connectivity index (χ1n) is 9.74. The van der Waals surface area contributed by atoms with E-state index in [9.17, 15) is 19.2 Å². The van der Waals surface area contributed by atoms with E-state index in [0.717, 1.165) is 0 Å². The summed E-state index contributed by atoms with van der Waals surface area (Å²) in [7, 11) is 0. The lowest BCUT2D eigenvalue weighted by Gasteiger charge is -2.37. The van der Waals surface area contributed by atoms with E-state index in [2.05, 4.69) is 5.92 Å². The lowest BCUT2D eigenvalue weighted by Crippen LogP contribution is -2.47. The zero-order valence-corrected chi connectivity index (χ0v) is 16.9. The van der Waals surface area contributed by atoms with Gasteiger partial charge in [0.1, 0.15) is 17.1 Å². The zero-order valence-electron chi connectivity index (χ0n) is 16.9. The van der Waals surface area contributed by atoms with Crippen LogP contribution >= 0.6 is 0 Å². The van der Waals surface area contributed by atoms with Crippen molar-refractivity contribution in [2.24, 2.45) is 11.3 Å². The molecule has 0 aromatic heterocycles. The second kappa shape index (κ2) is 8.46. The van der Waals surface area contributed by atoms with E-state index in [1.165, 1.54) is 6.92 Å². The molecule has 0 amide bonds. The summed E-state index contributed by atoms with van der Waals surface area (Å²) in [6.45, 7) is 2.96. The average Bonchev–Trinajstić information content (AvgIpc) is 2.95. The monoisotopic (exact) mass is 402 g/mol. The van der Waals surface area contributed by atoms with Gasteiger partial charge in [-0.1, -0.05) is 54.6 Å². The quantitative estimate of drug-likeness (QED) is 0.402. The van der Waals surface area contributed by atoms with Crippen LogP contribution in [0.1, 0.15) is 52.5 Å². The third kappa shape index (κ3) is 3.25. The van der Waals surface area contributed by atoms with Crippen LogP contribution in [0.25, 0.3) is 0 Å². The van der Waals surface area contributed by atoms with E-state index < -0.39 is 40.6 Å². The topological polar surface area (TPSA) is 77.5 Å². The second-order valence-electron chi connectivity index (χ2n) is 7.28. The molecule has 5 heteroatoms. The van der Waals surface area contributed by atoms with Crippen molar-refractivity contribution in [3.8, 4) is 12.3 Å². The van der Waals surface area contributed by atoms with Gasteiger partial charge in [-0.15, -0.1) is 12.3 Å². The molecule has 2 aromatic rings. The number of Topliss-reactive ketones (excluding diaryl/α,β-unsaturated/α-hetero) is 3. The number of rotatable bonds is 7. The first-order valence-corrected chi connectivity index (χ1v) is 9.74. The molecule has 0 fully saturated rings. The Morgan fingerprint density at radius 2 is 1.53 bits per heavy atom. The molecule has 30 heavy (non-hydrogen) atoms. The van der Waals surface area contributed by atoms with Gasteiger partial charge in [-0.25, -0.2) is 0 Å². The van der Waals surface area contributed by atoms with Gasteiger partial charge in [0.25, 0.3) is 0 Å². The van der Waals surface area contributed by atoms with Crippen LogP contribution in [-0.2, 0) is 14.3 Å². The fourth-order valence-corrected chi connectivity index (χ4v) is 4.37. The van der Waals surface area contributed by atoms with E-state index >= 15 is 0 Å². The largest absolute Gasteiger partial charge is 0.465 e. The van der Waals surface area contributed by atoms with Crippen LogP contribution in [0.4, 0.5) is 0 Å². The van der Waals surface area contributed by atoms with Crippen molar-refractivity contribution in [1.82, 2.24) is 0 Å². The molecule has 0 aliphatic heterocycles.